The van der Waals surface area contributed by atoms with Crippen LogP contribution in [0.25, 0.3) is 42.4 Å². The lowest BCUT2D eigenvalue weighted by Crippen LogP contribution is -2.61. The van der Waals surface area contributed by atoms with E-state index >= 15 is 0 Å². The lowest BCUT2D eigenvalue weighted by molar-refractivity contribution is 0.325. The molecule has 14 aromatic rings. The average Bonchev–Trinajstić information content (AvgIpc) is 1.64. The quantitative estimate of drug-likeness (QED) is 0.154. The van der Waals surface area contributed by atoms with Gasteiger partial charge in [0, 0.05) is 91.8 Å². The van der Waals surface area contributed by atoms with Gasteiger partial charge in [-0.05, 0) is 409 Å². The van der Waals surface area contributed by atoms with Crippen LogP contribution in [0.2, 0.25) is 0 Å². The normalized spacial score (nSPS) is 22.0. The van der Waals surface area contributed by atoms with Gasteiger partial charge in [0.15, 0.2) is 0 Å². The third-order valence-corrected chi connectivity index (χ3v) is 42.3. The van der Waals surface area contributed by atoms with E-state index in [1.807, 2.05) is 0 Å². The molecule has 4 bridgehead atoms. The Bertz CT molecular complexity index is 7960. The van der Waals surface area contributed by atoms with Crippen LogP contribution in [0.3, 0.4) is 0 Å². The molecule has 2 atom stereocenters. The largest absolute Gasteiger partial charge is 0.311 e. The second-order valence-electron chi connectivity index (χ2n) is 57.5. The van der Waals surface area contributed by atoms with Gasteiger partial charge in [0.05, 0.1) is 22.7 Å². The van der Waals surface area contributed by atoms with E-state index in [2.05, 4.69) is 458 Å². The molecule has 2 unspecified atom stereocenters. The predicted octanol–water partition coefficient (Wildman–Crippen LogP) is 34.5. The maximum atomic E-state index is 2.90. The van der Waals surface area contributed by atoms with Crippen LogP contribution in [-0.2, 0) is 87.6 Å². The summed E-state index contributed by atoms with van der Waals surface area (Å²) in [5, 5.41) is 2.72. The fraction of sp³-hybridized carbons (Fsp3) is 0.441. The lowest BCUT2D eigenvalue weighted by Gasteiger charge is -2.50. The molecular weight excluding hydrogens is 1780 g/mol. The summed E-state index contributed by atoms with van der Waals surface area (Å²) >= 11 is 4.14. The molecule has 12 aromatic carbocycles. The summed E-state index contributed by atoms with van der Waals surface area (Å²) in [7, 11) is 0. The van der Waals surface area contributed by atoms with Crippen molar-refractivity contribution in [3.8, 4) is 22.3 Å². The first-order chi connectivity index (χ1) is 67.3. The first kappa shape index (κ1) is 94.8. The van der Waals surface area contributed by atoms with Crippen molar-refractivity contribution in [2.75, 3.05) is 19.6 Å². The van der Waals surface area contributed by atoms with Crippen LogP contribution >= 0.6 is 22.7 Å². The van der Waals surface area contributed by atoms with Crippen molar-refractivity contribution in [3.05, 3.63) is 294 Å². The third kappa shape index (κ3) is 13.8. The minimum atomic E-state index is -0.342. The van der Waals surface area contributed by atoms with Crippen molar-refractivity contribution < 1.29 is 0 Å². The maximum absolute atomic E-state index is 2.90. The standard InChI is InChI=1S/C136H154B2N4S2/c1-78-59-110-116-111(60-78)141(108-75-101-98(131(23,24)53-56-134(101,29)30)71-104(108)137(116)120-118(90-63-82(122(2,3)4)39-45-114(90)143-120)139(110)86-41-43-92-94(67-86)127(15,16)49-47-125(92,11)12)106-73-99-96(129(19,20)51-54-132(99,25)26)69-88(106)80-36-33-35-79(61-80)77-135(31)57-58-136(32)84-38-34-37-81(62-84)89-70-97-100(133(27,28)55-52-130(97,21)22)74-107(89)142-109-76-103(136)102(135)72-105(109)138-117-112(65-85(66-113(117)142)124(8,9)10)140(87-42-44-93-95(68-87)128(17,18)50-48-126(93,13)14)119-91-64-83(123(5,6)7)40-46-115(91)144-121(119)138/h33-46,59-76H,47-58,77H2,1-32H3. The highest BCUT2D eigenvalue weighted by Crippen LogP contribution is 2.64. The second-order valence-corrected chi connectivity index (χ2v) is 59.7. The van der Waals surface area contributed by atoms with Crippen LogP contribution in [0.15, 0.2) is 194 Å². The van der Waals surface area contributed by atoms with Gasteiger partial charge in [-0.1, -0.05) is 300 Å². The Balaban J connectivity index is 0.732. The van der Waals surface area contributed by atoms with Gasteiger partial charge in [-0.15, -0.1) is 22.7 Å². The number of nitrogens with zero attached hydrogens (tertiary/aromatic N) is 4. The van der Waals surface area contributed by atoms with Crippen LogP contribution in [0.1, 0.15) is 392 Å². The summed E-state index contributed by atoms with van der Waals surface area (Å²) in [6, 6.07) is 84.0. The SMILES string of the molecule is Cc1cc2c3c(c1)N(c1ccc4c(c1)C(C)(C)CCC4(C)C)c1c(sc4ccc(C(C)(C)C)cc14)B3c1cc3c(cc1N2c1cc2c(cc1-c1cccc(CC4(C)CCC5(C)c6cccc(c6)-c6cc7c(cc6N6c8cc5c4cc8B4c5sc8ccc(C(C)(C)C)cc8c5N(c5ccc8c(c5)C(C)(C)CCC8(C)C)c5cc(C(C)(C)C)cc6c54)C(C)(C)CCC7(C)C)c1)C(C)(C)CCC2(C)C)C(C)(C)CCC3(C)C. The van der Waals surface area contributed by atoms with Gasteiger partial charge in [-0.2, -0.15) is 0 Å². The number of hydrogen-bond donors (Lipinski definition) is 0. The van der Waals surface area contributed by atoms with Crippen LogP contribution in [-0.4, -0.2) is 13.4 Å². The molecule has 25 rings (SSSR count). The zero-order valence-corrected chi connectivity index (χ0v) is 94.6. The van der Waals surface area contributed by atoms with Crippen molar-refractivity contribution in [3.63, 3.8) is 0 Å². The first-order valence-electron chi connectivity index (χ1n) is 55.2. The monoisotopic (exact) mass is 1930 g/mol. The number of thiophene rings is 2. The van der Waals surface area contributed by atoms with Gasteiger partial charge in [0.25, 0.3) is 13.4 Å². The lowest BCUT2D eigenvalue weighted by atomic mass is 9.35. The van der Waals surface area contributed by atoms with Crippen LogP contribution in [0.4, 0.5) is 68.2 Å². The number of benzene rings is 12. The molecule has 8 heteroatoms. The van der Waals surface area contributed by atoms with Gasteiger partial charge in [0.1, 0.15) is 0 Å². The number of aryl methyl sites for hydroxylation is 1. The van der Waals surface area contributed by atoms with Crippen molar-refractivity contribution in [1.82, 2.24) is 0 Å². The molecule has 0 saturated heterocycles. The molecule has 11 aliphatic rings. The molecule has 0 fully saturated rings. The highest BCUT2D eigenvalue weighted by molar-refractivity contribution is 7.34. The van der Waals surface area contributed by atoms with E-state index in [0.717, 1.165) is 70.6 Å². The van der Waals surface area contributed by atoms with E-state index in [1.54, 1.807) is 0 Å². The fourth-order valence-electron chi connectivity index (χ4n) is 29.7. The molecule has 736 valence electrons. The molecule has 144 heavy (non-hydrogen) atoms. The topological polar surface area (TPSA) is 13.0 Å². The molecule has 6 aliphatic carbocycles. The first-order valence-corrected chi connectivity index (χ1v) is 56.8. The minimum absolute atomic E-state index is 0.00302. The molecule has 0 spiro atoms. The Morgan fingerprint density at radius 2 is 0.625 bits per heavy atom. The smallest absolute Gasteiger partial charge is 0.264 e. The molecule has 0 radical (unpaired) electrons. The van der Waals surface area contributed by atoms with Gasteiger partial charge >= 0.3 is 0 Å². The van der Waals surface area contributed by atoms with E-state index in [4.69, 9.17) is 0 Å². The fourth-order valence-corrected chi connectivity index (χ4v) is 32.3. The van der Waals surface area contributed by atoms with E-state index in [1.165, 1.54) is 255 Å². The Labute approximate surface area is 871 Å². The van der Waals surface area contributed by atoms with Crippen molar-refractivity contribution >= 4 is 156 Å². The molecule has 2 aromatic heterocycles. The van der Waals surface area contributed by atoms with Gasteiger partial charge < -0.3 is 19.6 Å². The van der Waals surface area contributed by atoms with Crippen molar-refractivity contribution in [2.45, 2.75) is 386 Å². The van der Waals surface area contributed by atoms with E-state index in [0.29, 0.717) is 0 Å². The number of anilines is 12. The summed E-state index contributed by atoms with van der Waals surface area (Å²) in [6.07, 6.45) is 14.3. The summed E-state index contributed by atoms with van der Waals surface area (Å²) in [5.41, 5.74) is 51.5. The third-order valence-electron chi connectivity index (χ3n) is 39.8. The van der Waals surface area contributed by atoms with Crippen LogP contribution in [0, 0.1) is 6.92 Å². The Morgan fingerprint density at radius 1 is 0.278 bits per heavy atom. The molecule has 5 aliphatic heterocycles. The molecule has 0 N–H and O–H groups in total. The molecule has 0 saturated carbocycles. The zero-order valence-electron chi connectivity index (χ0n) is 92.9. The van der Waals surface area contributed by atoms with E-state index in [-0.39, 0.29) is 94.7 Å². The summed E-state index contributed by atoms with van der Waals surface area (Å²) in [5.74, 6) is 0. The summed E-state index contributed by atoms with van der Waals surface area (Å²) in [4.78, 5) is 11.4. The van der Waals surface area contributed by atoms with Crippen LogP contribution in [0.5, 0.6) is 0 Å². The van der Waals surface area contributed by atoms with Gasteiger partial charge in [-0.25, -0.2) is 0 Å². The van der Waals surface area contributed by atoms with Crippen molar-refractivity contribution in [1.29, 1.82) is 0 Å². The molecule has 0 amide bonds. The Kier molecular flexibility index (Phi) is 19.9. The van der Waals surface area contributed by atoms with E-state index in [9.17, 15) is 0 Å². The Hall–Kier alpha value is -10.1. The summed E-state index contributed by atoms with van der Waals surface area (Å²) in [6.45, 7) is 80.2. The summed E-state index contributed by atoms with van der Waals surface area (Å²) < 4.78 is 5.61. The number of rotatable bonds is 6. The number of hydrogen-bond acceptors (Lipinski definition) is 6. The second kappa shape index (κ2) is 30.2. The highest BCUT2D eigenvalue weighted by Gasteiger charge is 2.56. The van der Waals surface area contributed by atoms with E-state index < -0.39 is 0 Å². The molecule has 7 heterocycles. The minimum Gasteiger partial charge on any atom is -0.311 e. The zero-order chi connectivity index (χ0) is 102. The predicted molar refractivity (Wildman–Crippen MR) is 627 cm³/mol. The Morgan fingerprint density at radius 3 is 1.05 bits per heavy atom. The van der Waals surface area contributed by atoms with Gasteiger partial charge in [-0.3, -0.25) is 0 Å². The van der Waals surface area contributed by atoms with Gasteiger partial charge in [0.2, 0.25) is 0 Å². The number of fused-ring (bicyclic) bond motifs is 23. The molecule has 4 nitrogen and oxygen atoms in total. The highest BCUT2D eigenvalue weighted by atomic mass is 32.1. The van der Waals surface area contributed by atoms with Crippen molar-refractivity contribution in [2.24, 2.45) is 0 Å². The maximum Gasteiger partial charge on any atom is 0.264 e. The average molecular weight is 1930 g/mol. The van der Waals surface area contributed by atoms with Crippen LogP contribution < -0.4 is 51.0 Å². The molecular formula is C136H154B2N4S2.